The van der Waals surface area contributed by atoms with Gasteiger partial charge in [-0.15, -0.1) is 12.4 Å². The van der Waals surface area contributed by atoms with E-state index in [1.807, 2.05) is 24.3 Å². The minimum atomic E-state index is -0.452. The van der Waals surface area contributed by atoms with E-state index in [9.17, 15) is 9.18 Å². The normalized spacial score (nSPS) is 19.7. The maximum atomic E-state index is 12.9. The summed E-state index contributed by atoms with van der Waals surface area (Å²) in [5, 5.41) is 0.598. The van der Waals surface area contributed by atoms with Gasteiger partial charge in [0.2, 0.25) is 0 Å². The van der Waals surface area contributed by atoms with E-state index < -0.39 is 5.82 Å². The van der Waals surface area contributed by atoms with Crippen LogP contribution in [-0.2, 0) is 12.0 Å². The lowest BCUT2D eigenvalue weighted by Crippen LogP contribution is -2.28. The molecule has 0 aliphatic carbocycles. The third-order valence-corrected chi connectivity index (χ3v) is 4.92. The molecule has 1 aliphatic heterocycles. The van der Waals surface area contributed by atoms with Crippen LogP contribution in [0.4, 0.5) is 4.39 Å². The molecular formula is C18H19ClFN3OS. The summed E-state index contributed by atoms with van der Waals surface area (Å²) in [6.45, 7) is 2.06. The van der Waals surface area contributed by atoms with Crippen LogP contribution >= 0.6 is 24.2 Å². The van der Waals surface area contributed by atoms with E-state index in [-0.39, 0.29) is 35.8 Å². The van der Waals surface area contributed by atoms with Crippen LogP contribution in [0.15, 0.2) is 47.6 Å². The number of carbonyl (C=O) groups excluding carboxylic acids is 1. The Morgan fingerprint density at radius 1 is 1.36 bits per heavy atom. The number of amidine groups is 1. The lowest BCUT2D eigenvalue weighted by molar-refractivity contribution is 0.0988. The zero-order valence-corrected chi connectivity index (χ0v) is 15.4. The number of hydrogen-bond acceptors (Lipinski definition) is 5. The molecule has 3 rings (SSSR count). The number of benzene rings is 1. The number of ketones is 1. The second kappa shape index (κ2) is 7.97. The predicted octanol–water partition coefficient (Wildman–Crippen LogP) is 3.73. The molecule has 25 heavy (non-hydrogen) atoms. The predicted molar refractivity (Wildman–Crippen MR) is 102 cm³/mol. The van der Waals surface area contributed by atoms with E-state index in [0.717, 1.165) is 29.5 Å². The Morgan fingerprint density at radius 2 is 2.16 bits per heavy atom. The number of carbonyl (C=O) groups is 1. The standard InChI is InChI=1S/C18H18FN3OS.ClH/c1-18(7-8-24-17(20)22-18)13-4-2-3-12(9-13)10-16(23)15-6-5-14(19)11-21-15;/h2-6,9,11H,7-8,10H2,1H3,(H2,20,22);1H. The average Bonchev–Trinajstić information content (AvgIpc) is 2.55. The summed E-state index contributed by atoms with van der Waals surface area (Å²) in [4.78, 5) is 20.7. The largest absolute Gasteiger partial charge is 0.379 e. The molecule has 2 heterocycles. The number of thioether (sulfide) groups is 1. The molecule has 0 amide bonds. The average molecular weight is 380 g/mol. The van der Waals surface area contributed by atoms with E-state index in [1.54, 1.807) is 11.8 Å². The summed E-state index contributed by atoms with van der Waals surface area (Å²) < 4.78 is 12.9. The Hall–Kier alpha value is -1.92. The second-order valence-electron chi connectivity index (χ2n) is 5.98. The van der Waals surface area contributed by atoms with E-state index in [0.29, 0.717) is 5.17 Å². The zero-order valence-electron chi connectivity index (χ0n) is 13.7. The molecule has 1 aliphatic rings. The molecule has 1 unspecified atom stereocenters. The third kappa shape index (κ3) is 4.58. The summed E-state index contributed by atoms with van der Waals surface area (Å²) in [6.07, 6.45) is 2.17. The van der Waals surface area contributed by atoms with Gasteiger partial charge in [0.25, 0.3) is 0 Å². The van der Waals surface area contributed by atoms with Crippen molar-refractivity contribution < 1.29 is 9.18 Å². The van der Waals surface area contributed by atoms with Gasteiger partial charge in [0.05, 0.1) is 11.7 Å². The number of pyridine rings is 1. The van der Waals surface area contributed by atoms with Crippen molar-refractivity contribution in [3.05, 3.63) is 65.2 Å². The van der Waals surface area contributed by atoms with Crippen molar-refractivity contribution in [1.29, 1.82) is 0 Å². The number of rotatable bonds is 4. The van der Waals surface area contributed by atoms with Crippen LogP contribution in [0, 0.1) is 5.82 Å². The summed E-state index contributed by atoms with van der Waals surface area (Å²) >= 11 is 1.56. The molecule has 2 N–H and O–H groups in total. The van der Waals surface area contributed by atoms with E-state index in [1.165, 1.54) is 12.1 Å². The van der Waals surface area contributed by atoms with Crippen molar-refractivity contribution in [2.24, 2.45) is 10.7 Å². The van der Waals surface area contributed by atoms with Crippen LogP contribution < -0.4 is 5.73 Å². The molecule has 0 fully saturated rings. The molecule has 0 saturated carbocycles. The molecular weight excluding hydrogens is 361 g/mol. The molecule has 0 radical (unpaired) electrons. The summed E-state index contributed by atoms with van der Waals surface area (Å²) in [7, 11) is 0. The number of Topliss-reactive ketones (excluding diaryl/α,β-unsaturated/α-hetero) is 1. The van der Waals surface area contributed by atoms with Crippen LogP contribution in [0.2, 0.25) is 0 Å². The second-order valence-corrected chi connectivity index (χ2v) is 7.10. The van der Waals surface area contributed by atoms with Crippen LogP contribution in [0.1, 0.15) is 35.0 Å². The Morgan fingerprint density at radius 3 is 2.84 bits per heavy atom. The summed E-state index contributed by atoms with van der Waals surface area (Å²) in [5.74, 6) is 0.334. The van der Waals surface area contributed by atoms with Crippen molar-refractivity contribution in [1.82, 2.24) is 4.98 Å². The quantitative estimate of drug-likeness (QED) is 0.822. The number of hydrogen-bond donors (Lipinski definition) is 1. The van der Waals surface area contributed by atoms with Crippen molar-refractivity contribution >= 4 is 35.1 Å². The highest BCUT2D eigenvalue weighted by atomic mass is 35.5. The van der Waals surface area contributed by atoms with Crippen LogP contribution in [0.3, 0.4) is 0 Å². The first-order chi connectivity index (χ1) is 11.5. The summed E-state index contributed by atoms with van der Waals surface area (Å²) in [5.41, 5.74) is 7.71. The third-order valence-electron chi connectivity index (χ3n) is 4.12. The Labute approximate surface area is 156 Å². The number of halogens is 2. The molecule has 132 valence electrons. The lowest BCUT2D eigenvalue weighted by atomic mass is 9.88. The number of nitrogens with zero attached hydrogens (tertiary/aromatic N) is 2. The fourth-order valence-electron chi connectivity index (χ4n) is 2.73. The Bertz CT molecular complexity index is 797. The minimum absolute atomic E-state index is 0. The van der Waals surface area contributed by atoms with Gasteiger partial charge in [-0.05, 0) is 36.6 Å². The summed E-state index contributed by atoms with van der Waals surface area (Å²) in [6, 6.07) is 10.5. The van der Waals surface area contributed by atoms with Crippen LogP contribution in [0.5, 0.6) is 0 Å². The van der Waals surface area contributed by atoms with Gasteiger partial charge in [-0.2, -0.15) is 0 Å². The topological polar surface area (TPSA) is 68.3 Å². The molecule has 4 nitrogen and oxygen atoms in total. The Balaban J connectivity index is 0.00000225. The lowest BCUT2D eigenvalue weighted by Gasteiger charge is -2.30. The molecule has 2 aromatic rings. The van der Waals surface area contributed by atoms with Gasteiger partial charge in [0.15, 0.2) is 11.0 Å². The highest BCUT2D eigenvalue weighted by Gasteiger charge is 2.29. The SMILES string of the molecule is CC1(c2cccc(CC(=O)c3ccc(F)cn3)c2)CCSC(N)=N1.Cl. The van der Waals surface area contributed by atoms with Crippen LogP contribution in [-0.4, -0.2) is 21.7 Å². The van der Waals surface area contributed by atoms with Gasteiger partial charge in [0, 0.05) is 12.2 Å². The number of aromatic nitrogens is 1. The first kappa shape index (κ1) is 19.4. The van der Waals surface area contributed by atoms with Gasteiger partial charge < -0.3 is 5.73 Å². The van der Waals surface area contributed by atoms with Crippen molar-refractivity contribution in [3.8, 4) is 0 Å². The molecule has 7 heteroatoms. The minimum Gasteiger partial charge on any atom is -0.379 e. The molecule has 0 bridgehead atoms. The van der Waals surface area contributed by atoms with E-state index in [4.69, 9.17) is 5.73 Å². The van der Waals surface area contributed by atoms with Crippen LogP contribution in [0.25, 0.3) is 0 Å². The van der Waals surface area contributed by atoms with E-state index in [2.05, 4.69) is 16.9 Å². The first-order valence-electron chi connectivity index (χ1n) is 7.68. The highest BCUT2D eigenvalue weighted by Crippen LogP contribution is 2.35. The molecule has 1 atom stereocenters. The monoisotopic (exact) mass is 379 g/mol. The van der Waals surface area contributed by atoms with Gasteiger partial charge in [0.1, 0.15) is 11.5 Å². The number of nitrogens with two attached hydrogens (primary N) is 1. The fourth-order valence-corrected chi connectivity index (χ4v) is 3.70. The zero-order chi connectivity index (χ0) is 17.2. The van der Waals surface area contributed by atoms with Gasteiger partial charge in [-0.3, -0.25) is 14.8 Å². The first-order valence-corrected chi connectivity index (χ1v) is 8.67. The van der Waals surface area contributed by atoms with Crippen molar-refractivity contribution in [2.75, 3.05) is 5.75 Å². The maximum absolute atomic E-state index is 12.9. The van der Waals surface area contributed by atoms with Crippen molar-refractivity contribution in [2.45, 2.75) is 25.3 Å². The molecule has 1 aromatic heterocycles. The Kier molecular flexibility index (Phi) is 6.19. The molecule has 0 saturated heterocycles. The highest BCUT2D eigenvalue weighted by molar-refractivity contribution is 8.13. The molecule has 1 aromatic carbocycles. The molecule has 0 spiro atoms. The fraction of sp³-hybridized carbons (Fsp3) is 0.278. The maximum Gasteiger partial charge on any atom is 0.185 e. The van der Waals surface area contributed by atoms with Gasteiger partial charge in [-0.25, -0.2) is 4.39 Å². The van der Waals surface area contributed by atoms with Gasteiger partial charge in [-0.1, -0.05) is 36.0 Å². The van der Waals surface area contributed by atoms with E-state index >= 15 is 0 Å². The van der Waals surface area contributed by atoms with Crippen molar-refractivity contribution in [3.63, 3.8) is 0 Å². The van der Waals surface area contributed by atoms with Gasteiger partial charge >= 0.3 is 0 Å². The smallest absolute Gasteiger partial charge is 0.185 e. The number of aliphatic imine (C=N–C) groups is 1.